The highest BCUT2D eigenvalue weighted by Gasteiger charge is 2.20. The summed E-state index contributed by atoms with van der Waals surface area (Å²) in [6.45, 7) is 5.32. The smallest absolute Gasteiger partial charge is 0.254 e. The maximum absolute atomic E-state index is 12.5. The van der Waals surface area contributed by atoms with Gasteiger partial charge in [0.05, 0.1) is 6.61 Å². The molecule has 4 heteroatoms. The van der Waals surface area contributed by atoms with E-state index in [0.717, 1.165) is 10.9 Å². The van der Waals surface area contributed by atoms with Crippen LogP contribution in [0.4, 0.5) is 0 Å². The van der Waals surface area contributed by atoms with E-state index in [4.69, 9.17) is 4.74 Å². The second-order valence-electron chi connectivity index (χ2n) is 4.26. The van der Waals surface area contributed by atoms with Gasteiger partial charge in [-0.1, -0.05) is 28.9 Å². The Morgan fingerprint density at radius 1 is 1.50 bits per heavy atom. The van der Waals surface area contributed by atoms with Gasteiger partial charge in [0.25, 0.3) is 5.91 Å². The molecule has 1 rings (SSSR count). The maximum atomic E-state index is 12.5. The lowest BCUT2D eigenvalue weighted by Gasteiger charge is -2.28. The minimum absolute atomic E-state index is 0.0581. The van der Waals surface area contributed by atoms with Gasteiger partial charge in [-0.15, -0.1) is 0 Å². The zero-order valence-corrected chi connectivity index (χ0v) is 12.7. The van der Waals surface area contributed by atoms with E-state index in [1.54, 1.807) is 7.11 Å². The number of hydrogen-bond donors (Lipinski definition) is 0. The first-order valence-corrected chi connectivity index (χ1v) is 6.95. The average molecular weight is 314 g/mol. The highest BCUT2D eigenvalue weighted by molar-refractivity contribution is 9.10. The van der Waals surface area contributed by atoms with Crippen molar-refractivity contribution in [2.45, 2.75) is 26.3 Å². The third-order valence-electron chi connectivity index (χ3n) is 2.99. The SMILES string of the molecule is CCC(C)N(CCOC)C(=O)c1cccc(Br)c1. The lowest BCUT2D eigenvalue weighted by molar-refractivity contribution is 0.0614. The van der Waals surface area contributed by atoms with Gasteiger partial charge in [-0.25, -0.2) is 0 Å². The Bertz CT molecular complexity index is 395. The van der Waals surface area contributed by atoms with Crippen LogP contribution in [0.25, 0.3) is 0 Å². The number of halogens is 1. The Hall–Kier alpha value is -0.870. The van der Waals surface area contributed by atoms with Crippen molar-refractivity contribution in [3.63, 3.8) is 0 Å². The summed E-state index contributed by atoms with van der Waals surface area (Å²) in [6, 6.07) is 7.70. The van der Waals surface area contributed by atoms with Gasteiger partial charge in [0.15, 0.2) is 0 Å². The van der Waals surface area contributed by atoms with Crippen molar-refractivity contribution in [1.82, 2.24) is 4.90 Å². The Morgan fingerprint density at radius 3 is 2.78 bits per heavy atom. The van der Waals surface area contributed by atoms with E-state index in [0.29, 0.717) is 18.7 Å². The predicted octanol–water partition coefficient (Wildman–Crippen LogP) is 3.34. The third kappa shape index (κ3) is 4.10. The van der Waals surface area contributed by atoms with Crippen LogP contribution in [0.2, 0.25) is 0 Å². The van der Waals surface area contributed by atoms with E-state index in [1.807, 2.05) is 29.2 Å². The summed E-state index contributed by atoms with van der Waals surface area (Å²) in [5.74, 6) is 0.0581. The first kappa shape index (κ1) is 15.2. The summed E-state index contributed by atoms with van der Waals surface area (Å²) in [7, 11) is 1.65. The molecule has 0 fully saturated rings. The zero-order chi connectivity index (χ0) is 13.5. The highest BCUT2D eigenvalue weighted by Crippen LogP contribution is 2.15. The predicted molar refractivity (Wildman–Crippen MR) is 76.8 cm³/mol. The molecule has 0 bridgehead atoms. The summed E-state index contributed by atoms with van der Waals surface area (Å²) in [6.07, 6.45) is 0.934. The van der Waals surface area contributed by atoms with Crippen molar-refractivity contribution < 1.29 is 9.53 Å². The van der Waals surface area contributed by atoms with Crippen LogP contribution in [0.3, 0.4) is 0 Å². The molecule has 0 N–H and O–H groups in total. The second kappa shape index (κ2) is 7.54. The van der Waals surface area contributed by atoms with E-state index in [-0.39, 0.29) is 11.9 Å². The van der Waals surface area contributed by atoms with Crippen molar-refractivity contribution in [3.8, 4) is 0 Å². The van der Waals surface area contributed by atoms with E-state index < -0.39 is 0 Å². The topological polar surface area (TPSA) is 29.5 Å². The Labute approximate surface area is 117 Å². The quantitative estimate of drug-likeness (QED) is 0.806. The first-order valence-electron chi connectivity index (χ1n) is 6.15. The first-order chi connectivity index (χ1) is 8.60. The normalized spacial score (nSPS) is 12.2. The number of carbonyl (C=O) groups is 1. The molecule has 0 spiro atoms. The van der Waals surface area contributed by atoms with Crippen LogP contribution in [-0.4, -0.2) is 37.1 Å². The van der Waals surface area contributed by atoms with Crippen LogP contribution < -0.4 is 0 Å². The average Bonchev–Trinajstić information content (AvgIpc) is 2.38. The van der Waals surface area contributed by atoms with Gasteiger partial charge in [0.2, 0.25) is 0 Å². The van der Waals surface area contributed by atoms with E-state index in [2.05, 4.69) is 29.8 Å². The fraction of sp³-hybridized carbons (Fsp3) is 0.500. The zero-order valence-electron chi connectivity index (χ0n) is 11.1. The second-order valence-corrected chi connectivity index (χ2v) is 5.17. The molecular formula is C14H20BrNO2. The number of benzene rings is 1. The van der Waals surface area contributed by atoms with Gasteiger partial charge < -0.3 is 9.64 Å². The summed E-state index contributed by atoms with van der Waals surface area (Å²) in [5.41, 5.74) is 0.709. The van der Waals surface area contributed by atoms with Crippen LogP contribution >= 0.6 is 15.9 Å². The van der Waals surface area contributed by atoms with Gasteiger partial charge >= 0.3 is 0 Å². The van der Waals surface area contributed by atoms with Crippen LogP contribution in [0.1, 0.15) is 30.6 Å². The number of hydrogen-bond acceptors (Lipinski definition) is 2. The van der Waals surface area contributed by atoms with Crippen molar-refractivity contribution >= 4 is 21.8 Å². The molecule has 3 nitrogen and oxygen atoms in total. The largest absolute Gasteiger partial charge is 0.383 e. The van der Waals surface area contributed by atoms with E-state index in [9.17, 15) is 4.79 Å². The minimum Gasteiger partial charge on any atom is -0.383 e. The molecule has 0 aliphatic rings. The molecule has 0 aromatic heterocycles. The summed E-state index contributed by atoms with van der Waals surface area (Å²) >= 11 is 3.39. The van der Waals surface area contributed by atoms with Gasteiger partial charge in [-0.2, -0.15) is 0 Å². The third-order valence-corrected chi connectivity index (χ3v) is 3.48. The molecule has 1 amide bonds. The summed E-state index contributed by atoms with van der Waals surface area (Å²) < 4.78 is 5.99. The Kier molecular flexibility index (Phi) is 6.36. The van der Waals surface area contributed by atoms with Crippen molar-refractivity contribution in [3.05, 3.63) is 34.3 Å². The summed E-state index contributed by atoms with van der Waals surface area (Å²) in [4.78, 5) is 14.3. The Balaban J connectivity index is 2.87. The molecule has 0 saturated heterocycles. The number of carbonyl (C=O) groups excluding carboxylic acids is 1. The molecule has 0 heterocycles. The highest BCUT2D eigenvalue weighted by atomic mass is 79.9. The van der Waals surface area contributed by atoms with Gasteiger partial charge in [0.1, 0.15) is 0 Å². The van der Waals surface area contributed by atoms with Crippen LogP contribution in [0, 0.1) is 0 Å². The molecule has 0 aliphatic heterocycles. The fourth-order valence-electron chi connectivity index (χ4n) is 1.72. The van der Waals surface area contributed by atoms with Crippen LogP contribution in [-0.2, 0) is 4.74 Å². The minimum atomic E-state index is 0.0581. The molecule has 0 aliphatic carbocycles. The van der Waals surface area contributed by atoms with E-state index >= 15 is 0 Å². The molecule has 1 aromatic rings. The van der Waals surface area contributed by atoms with Gasteiger partial charge in [-0.3, -0.25) is 4.79 Å². The number of ether oxygens (including phenoxy) is 1. The van der Waals surface area contributed by atoms with Crippen molar-refractivity contribution in [1.29, 1.82) is 0 Å². The molecule has 1 unspecified atom stereocenters. The van der Waals surface area contributed by atoms with Gasteiger partial charge in [0, 0.05) is 29.7 Å². The molecule has 1 atom stereocenters. The standard InChI is InChI=1S/C14H20BrNO2/c1-4-11(2)16(8-9-18-3)14(17)12-6-5-7-13(15)10-12/h5-7,10-11H,4,8-9H2,1-3H3. The lowest BCUT2D eigenvalue weighted by Crippen LogP contribution is -2.40. The number of nitrogens with zero attached hydrogens (tertiary/aromatic N) is 1. The molecule has 18 heavy (non-hydrogen) atoms. The Morgan fingerprint density at radius 2 is 2.22 bits per heavy atom. The maximum Gasteiger partial charge on any atom is 0.254 e. The van der Waals surface area contributed by atoms with Crippen molar-refractivity contribution in [2.24, 2.45) is 0 Å². The lowest BCUT2D eigenvalue weighted by atomic mass is 10.1. The number of methoxy groups -OCH3 is 1. The van der Waals surface area contributed by atoms with Crippen LogP contribution in [0.5, 0.6) is 0 Å². The molecular weight excluding hydrogens is 294 g/mol. The number of rotatable bonds is 6. The monoisotopic (exact) mass is 313 g/mol. The number of amides is 1. The summed E-state index contributed by atoms with van der Waals surface area (Å²) in [5, 5.41) is 0. The molecule has 0 radical (unpaired) electrons. The molecule has 100 valence electrons. The fourth-order valence-corrected chi connectivity index (χ4v) is 2.12. The molecule has 1 aromatic carbocycles. The van der Waals surface area contributed by atoms with Crippen molar-refractivity contribution in [2.75, 3.05) is 20.3 Å². The molecule has 0 saturated carbocycles. The van der Waals surface area contributed by atoms with Gasteiger partial charge in [-0.05, 0) is 31.5 Å². The van der Waals surface area contributed by atoms with Crippen LogP contribution in [0.15, 0.2) is 28.7 Å². The van der Waals surface area contributed by atoms with E-state index in [1.165, 1.54) is 0 Å².